The van der Waals surface area contributed by atoms with E-state index in [2.05, 4.69) is 13.5 Å². The van der Waals surface area contributed by atoms with E-state index in [1.807, 2.05) is 4.90 Å². The molecule has 2 amide bonds. The van der Waals surface area contributed by atoms with E-state index in [9.17, 15) is 9.59 Å². The molecule has 4 heteroatoms. The maximum absolute atomic E-state index is 11.8. The Morgan fingerprint density at radius 2 is 2.00 bits per heavy atom. The number of amides is 2. The van der Waals surface area contributed by atoms with Crippen LogP contribution in [0.25, 0.3) is 0 Å². The van der Waals surface area contributed by atoms with E-state index in [1.54, 1.807) is 7.05 Å². The first kappa shape index (κ1) is 12.7. The van der Waals surface area contributed by atoms with E-state index in [1.165, 1.54) is 11.0 Å². The second-order valence-corrected chi connectivity index (χ2v) is 4.46. The van der Waals surface area contributed by atoms with Gasteiger partial charge in [-0.05, 0) is 24.8 Å². The number of rotatable bonds is 3. The topological polar surface area (TPSA) is 40.6 Å². The Morgan fingerprint density at radius 3 is 2.50 bits per heavy atom. The van der Waals surface area contributed by atoms with E-state index in [4.69, 9.17) is 0 Å². The van der Waals surface area contributed by atoms with Gasteiger partial charge >= 0.3 is 0 Å². The SMILES string of the molecule is C=CC(=O)N(C)CC(=O)N1CCC(C)CC1. The van der Waals surface area contributed by atoms with Crippen molar-refractivity contribution in [3.05, 3.63) is 12.7 Å². The van der Waals surface area contributed by atoms with E-state index in [-0.39, 0.29) is 18.4 Å². The summed E-state index contributed by atoms with van der Waals surface area (Å²) in [5.74, 6) is 0.528. The minimum Gasteiger partial charge on any atom is -0.341 e. The molecule has 0 aromatic heterocycles. The fourth-order valence-corrected chi connectivity index (χ4v) is 1.79. The van der Waals surface area contributed by atoms with Gasteiger partial charge in [-0.3, -0.25) is 9.59 Å². The molecule has 1 aliphatic heterocycles. The van der Waals surface area contributed by atoms with Gasteiger partial charge in [-0.15, -0.1) is 0 Å². The van der Waals surface area contributed by atoms with Crippen LogP contribution < -0.4 is 0 Å². The summed E-state index contributed by atoms with van der Waals surface area (Å²) >= 11 is 0. The van der Waals surface area contributed by atoms with Crippen LogP contribution in [-0.4, -0.2) is 48.3 Å². The van der Waals surface area contributed by atoms with Crippen molar-refractivity contribution in [1.29, 1.82) is 0 Å². The molecular formula is C12H20N2O2. The fraction of sp³-hybridized carbons (Fsp3) is 0.667. The summed E-state index contributed by atoms with van der Waals surface area (Å²) in [6.07, 6.45) is 3.35. The highest BCUT2D eigenvalue weighted by Gasteiger charge is 2.21. The molecule has 1 heterocycles. The predicted octanol–water partition coefficient (Wildman–Crippen LogP) is 0.889. The number of likely N-dealkylation sites (tertiary alicyclic amines) is 1. The lowest BCUT2D eigenvalue weighted by Gasteiger charge is -2.31. The van der Waals surface area contributed by atoms with E-state index >= 15 is 0 Å². The number of carbonyl (C=O) groups is 2. The third kappa shape index (κ3) is 3.36. The van der Waals surface area contributed by atoms with Gasteiger partial charge in [0.1, 0.15) is 0 Å². The number of carbonyl (C=O) groups excluding carboxylic acids is 2. The molecule has 4 nitrogen and oxygen atoms in total. The molecule has 0 aliphatic carbocycles. The smallest absolute Gasteiger partial charge is 0.246 e. The van der Waals surface area contributed by atoms with Gasteiger partial charge in [0.2, 0.25) is 11.8 Å². The number of hydrogen-bond donors (Lipinski definition) is 0. The molecule has 0 N–H and O–H groups in total. The molecule has 0 aromatic rings. The first-order valence-corrected chi connectivity index (χ1v) is 5.70. The summed E-state index contributed by atoms with van der Waals surface area (Å²) in [5.41, 5.74) is 0. The zero-order valence-electron chi connectivity index (χ0n) is 10.1. The minimum atomic E-state index is -0.210. The van der Waals surface area contributed by atoms with E-state index in [0.717, 1.165) is 25.9 Å². The lowest BCUT2D eigenvalue weighted by Crippen LogP contribution is -2.44. The lowest BCUT2D eigenvalue weighted by atomic mass is 9.99. The van der Waals surface area contributed by atoms with Gasteiger partial charge in [-0.2, -0.15) is 0 Å². The van der Waals surface area contributed by atoms with Gasteiger partial charge in [-0.25, -0.2) is 0 Å². The second kappa shape index (κ2) is 5.68. The second-order valence-electron chi connectivity index (χ2n) is 4.46. The first-order valence-electron chi connectivity index (χ1n) is 5.70. The van der Waals surface area contributed by atoms with Gasteiger partial charge in [0, 0.05) is 20.1 Å². The average molecular weight is 224 g/mol. The monoisotopic (exact) mass is 224 g/mol. The van der Waals surface area contributed by atoms with Crippen LogP contribution in [0.3, 0.4) is 0 Å². The molecule has 0 bridgehead atoms. The molecule has 1 aliphatic rings. The molecule has 1 fully saturated rings. The van der Waals surface area contributed by atoms with Crippen molar-refractivity contribution < 1.29 is 9.59 Å². The summed E-state index contributed by atoms with van der Waals surface area (Å²) in [6.45, 7) is 7.38. The molecule has 0 aromatic carbocycles. The number of piperidine rings is 1. The Labute approximate surface area is 96.9 Å². The summed E-state index contributed by atoms with van der Waals surface area (Å²) in [5, 5.41) is 0. The quantitative estimate of drug-likeness (QED) is 0.668. The van der Waals surface area contributed by atoms with Crippen molar-refractivity contribution in [2.75, 3.05) is 26.7 Å². The van der Waals surface area contributed by atoms with Gasteiger partial charge < -0.3 is 9.80 Å². The van der Waals surface area contributed by atoms with E-state index in [0.29, 0.717) is 5.92 Å². The molecule has 1 saturated heterocycles. The van der Waals surface area contributed by atoms with Crippen LogP contribution >= 0.6 is 0 Å². The van der Waals surface area contributed by atoms with Crippen LogP contribution in [-0.2, 0) is 9.59 Å². The molecule has 0 saturated carbocycles. The van der Waals surface area contributed by atoms with Crippen molar-refractivity contribution in [3.8, 4) is 0 Å². The van der Waals surface area contributed by atoms with Crippen LogP contribution in [0, 0.1) is 5.92 Å². The van der Waals surface area contributed by atoms with Crippen LogP contribution in [0.4, 0.5) is 0 Å². The van der Waals surface area contributed by atoms with E-state index < -0.39 is 0 Å². The van der Waals surface area contributed by atoms with Crippen LogP contribution in [0.15, 0.2) is 12.7 Å². The molecule has 0 radical (unpaired) electrons. The molecule has 1 rings (SSSR count). The Kier molecular flexibility index (Phi) is 4.52. The predicted molar refractivity (Wildman–Crippen MR) is 62.8 cm³/mol. The largest absolute Gasteiger partial charge is 0.341 e. The number of hydrogen-bond acceptors (Lipinski definition) is 2. The number of nitrogens with zero attached hydrogens (tertiary/aromatic N) is 2. The molecule has 90 valence electrons. The summed E-state index contributed by atoms with van der Waals surface area (Å²) in [6, 6.07) is 0. The normalized spacial score (nSPS) is 17.0. The minimum absolute atomic E-state index is 0.0320. The Balaban J connectivity index is 2.40. The van der Waals surface area contributed by atoms with Gasteiger partial charge in [0.05, 0.1) is 6.54 Å². The van der Waals surface area contributed by atoms with Crippen LogP contribution in [0.5, 0.6) is 0 Å². The van der Waals surface area contributed by atoms with Gasteiger partial charge in [-0.1, -0.05) is 13.5 Å². The fourth-order valence-electron chi connectivity index (χ4n) is 1.79. The average Bonchev–Trinajstić information content (AvgIpc) is 2.28. The van der Waals surface area contributed by atoms with Crippen molar-refractivity contribution >= 4 is 11.8 Å². The maximum atomic E-state index is 11.8. The zero-order valence-corrected chi connectivity index (χ0v) is 10.1. The molecule has 0 spiro atoms. The standard InChI is InChI=1S/C12H20N2O2/c1-4-11(15)13(3)9-12(16)14-7-5-10(2)6-8-14/h4,10H,1,5-9H2,2-3H3. The van der Waals surface area contributed by atoms with Crippen molar-refractivity contribution in [2.45, 2.75) is 19.8 Å². The van der Waals surface area contributed by atoms with Crippen molar-refractivity contribution in [2.24, 2.45) is 5.92 Å². The zero-order chi connectivity index (χ0) is 12.1. The summed E-state index contributed by atoms with van der Waals surface area (Å²) < 4.78 is 0. The maximum Gasteiger partial charge on any atom is 0.246 e. The van der Waals surface area contributed by atoms with Crippen molar-refractivity contribution in [1.82, 2.24) is 9.80 Å². The third-order valence-electron chi connectivity index (χ3n) is 3.06. The molecule has 0 unspecified atom stereocenters. The van der Waals surface area contributed by atoms with Crippen molar-refractivity contribution in [3.63, 3.8) is 0 Å². The summed E-state index contributed by atoms with van der Waals surface area (Å²) in [7, 11) is 1.62. The Hall–Kier alpha value is -1.32. The Morgan fingerprint density at radius 1 is 1.44 bits per heavy atom. The van der Waals surface area contributed by atoms with Gasteiger partial charge in [0.25, 0.3) is 0 Å². The first-order chi connectivity index (χ1) is 7.54. The highest BCUT2D eigenvalue weighted by atomic mass is 16.2. The highest BCUT2D eigenvalue weighted by molar-refractivity contribution is 5.90. The molecule has 0 atom stereocenters. The van der Waals surface area contributed by atoms with Gasteiger partial charge in [0.15, 0.2) is 0 Å². The highest BCUT2D eigenvalue weighted by Crippen LogP contribution is 2.15. The van der Waals surface area contributed by atoms with Crippen LogP contribution in [0.1, 0.15) is 19.8 Å². The Bertz CT molecular complexity index is 281. The molecule has 16 heavy (non-hydrogen) atoms. The van der Waals surface area contributed by atoms with Crippen LogP contribution in [0.2, 0.25) is 0 Å². The summed E-state index contributed by atoms with van der Waals surface area (Å²) in [4.78, 5) is 26.3. The number of likely N-dealkylation sites (N-methyl/N-ethyl adjacent to an activating group) is 1. The molecular weight excluding hydrogens is 204 g/mol. The third-order valence-corrected chi connectivity index (χ3v) is 3.06. The lowest BCUT2D eigenvalue weighted by molar-refractivity contribution is -0.138.